The van der Waals surface area contributed by atoms with Gasteiger partial charge in [-0.15, -0.1) is 17.0 Å². The van der Waals surface area contributed by atoms with Gasteiger partial charge in [0.05, 0.1) is 13.7 Å². The molecule has 1 aliphatic rings. The van der Waals surface area contributed by atoms with Crippen molar-refractivity contribution in [2.45, 2.75) is 25.7 Å². The van der Waals surface area contributed by atoms with Crippen LogP contribution >= 0.6 is 17.0 Å². The topological polar surface area (TPSA) is 41.9 Å². The predicted molar refractivity (Wildman–Crippen MR) is 112 cm³/mol. The van der Waals surface area contributed by atoms with Gasteiger partial charge >= 0.3 is 0 Å². The van der Waals surface area contributed by atoms with Crippen molar-refractivity contribution in [1.29, 1.82) is 0 Å². The van der Waals surface area contributed by atoms with Crippen LogP contribution < -0.4 is 9.64 Å². The summed E-state index contributed by atoms with van der Waals surface area (Å²) in [5.41, 5.74) is 1.71. The van der Waals surface area contributed by atoms with Gasteiger partial charge in [-0.25, -0.2) is 0 Å². The lowest BCUT2D eigenvalue weighted by atomic mass is 10.1. The summed E-state index contributed by atoms with van der Waals surface area (Å²) in [6, 6.07) is 17.3. The maximum atomic E-state index is 12.8. The number of halogens is 1. The molecule has 3 rings (SSSR count). The fourth-order valence-electron chi connectivity index (χ4n) is 3.03. The number of ether oxygens (including phenoxy) is 1. The molecular formula is C21H25BrN2O2. The molecule has 0 N–H and O–H groups in total. The van der Waals surface area contributed by atoms with Gasteiger partial charge in [-0.05, 0) is 49.2 Å². The summed E-state index contributed by atoms with van der Waals surface area (Å²) in [7, 11) is 1.62. The van der Waals surface area contributed by atoms with E-state index in [-0.39, 0.29) is 22.8 Å². The minimum atomic E-state index is 0. The number of aliphatic imine (C=N–C) groups is 1. The quantitative estimate of drug-likeness (QED) is 0.648. The summed E-state index contributed by atoms with van der Waals surface area (Å²) in [6.45, 7) is 1.14. The molecule has 0 fully saturated rings. The molecule has 4 nitrogen and oxygen atoms in total. The van der Waals surface area contributed by atoms with E-state index >= 15 is 0 Å². The molecule has 2 aromatic rings. The Hall–Kier alpha value is -2.14. The zero-order valence-corrected chi connectivity index (χ0v) is 16.8. The summed E-state index contributed by atoms with van der Waals surface area (Å²) in [4.78, 5) is 19.6. The SMILES string of the molecule is Br.COc1ccc(C(=O)CN(C2=NCCCCC2)c2ccccc2)cc1. The molecule has 1 aliphatic heterocycles. The van der Waals surface area contributed by atoms with E-state index in [0.717, 1.165) is 43.1 Å². The Morgan fingerprint density at radius 3 is 2.46 bits per heavy atom. The molecule has 0 saturated carbocycles. The number of rotatable bonds is 5. The Morgan fingerprint density at radius 2 is 1.77 bits per heavy atom. The number of Topliss-reactive ketones (excluding diaryl/α,β-unsaturated/α-hetero) is 1. The summed E-state index contributed by atoms with van der Waals surface area (Å²) in [6.07, 6.45) is 4.37. The van der Waals surface area contributed by atoms with Gasteiger partial charge < -0.3 is 9.64 Å². The van der Waals surface area contributed by atoms with E-state index in [1.54, 1.807) is 7.11 Å². The lowest BCUT2D eigenvalue weighted by molar-refractivity contribution is 0.100. The highest BCUT2D eigenvalue weighted by molar-refractivity contribution is 8.93. The number of nitrogens with zero attached hydrogens (tertiary/aromatic N) is 2. The molecule has 0 unspecified atom stereocenters. The molecule has 0 amide bonds. The molecule has 0 bridgehead atoms. The van der Waals surface area contributed by atoms with E-state index in [9.17, 15) is 4.79 Å². The number of para-hydroxylation sites is 1. The van der Waals surface area contributed by atoms with Gasteiger partial charge in [0, 0.05) is 24.2 Å². The van der Waals surface area contributed by atoms with Crippen molar-refractivity contribution in [3.63, 3.8) is 0 Å². The van der Waals surface area contributed by atoms with Crippen LogP contribution in [0.2, 0.25) is 0 Å². The maximum absolute atomic E-state index is 12.8. The van der Waals surface area contributed by atoms with Crippen LogP contribution in [0.5, 0.6) is 5.75 Å². The molecular weight excluding hydrogens is 392 g/mol. The standard InChI is InChI=1S/C21H24N2O2.BrH/c1-25-19-13-11-17(12-14-19)20(24)16-23(18-8-4-2-5-9-18)21-10-6-3-7-15-22-21;/h2,4-5,8-9,11-14H,3,6-7,10,15-16H2,1H3;1H. The second-order valence-electron chi connectivity index (χ2n) is 6.18. The van der Waals surface area contributed by atoms with Crippen molar-refractivity contribution >= 4 is 34.3 Å². The van der Waals surface area contributed by atoms with Crippen molar-refractivity contribution in [3.05, 3.63) is 60.2 Å². The molecule has 0 aliphatic carbocycles. The van der Waals surface area contributed by atoms with Crippen LogP contribution in [0.4, 0.5) is 5.69 Å². The third kappa shape index (κ3) is 5.18. The molecule has 0 radical (unpaired) electrons. The fraction of sp³-hybridized carbons (Fsp3) is 0.333. The molecule has 2 aromatic carbocycles. The third-order valence-corrected chi connectivity index (χ3v) is 4.45. The number of hydrogen-bond acceptors (Lipinski definition) is 4. The molecule has 0 spiro atoms. The smallest absolute Gasteiger partial charge is 0.182 e. The van der Waals surface area contributed by atoms with E-state index in [1.807, 2.05) is 54.6 Å². The van der Waals surface area contributed by atoms with E-state index in [1.165, 1.54) is 6.42 Å². The number of carbonyl (C=O) groups excluding carboxylic acids is 1. The van der Waals surface area contributed by atoms with Gasteiger partial charge in [-0.2, -0.15) is 0 Å². The second kappa shape index (κ2) is 10.1. The Bertz CT molecular complexity index is 729. The molecule has 5 heteroatoms. The number of methoxy groups -OCH3 is 1. The minimum absolute atomic E-state index is 0. The van der Waals surface area contributed by atoms with Crippen LogP contribution in [0.1, 0.15) is 36.0 Å². The Balaban J connectivity index is 0.00000243. The summed E-state index contributed by atoms with van der Waals surface area (Å²) < 4.78 is 5.17. The van der Waals surface area contributed by atoms with Gasteiger partial charge in [0.2, 0.25) is 0 Å². The van der Waals surface area contributed by atoms with E-state index in [2.05, 4.69) is 4.90 Å². The zero-order valence-electron chi connectivity index (χ0n) is 15.1. The minimum Gasteiger partial charge on any atom is -0.497 e. The average molecular weight is 417 g/mol. The zero-order chi connectivity index (χ0) is 17.5. The van der Waals surface area contributed by atoms with Crippen molar-refractivity contribution in [1.82, 2.24) is 0 Å². The van der Waals surface area contributed by atoms with Gasteiger partial charge in [-0.3, -0.25) is 9.79 Å². The number of hydrogen-bond donors (Lipinski definition) is 0. The first kappa shape index (κ1) is 20.2. The Morgan fingerprint density at radius 1 is 1.04 bits per heavy atom. The first-order valence-electron chi connectivity index (χ1n) is 8.81. The highest BCUT2D eigenvalue weighted by Gasteiger charge is 2.19. The van der Waals surface area contributed by atoms with Crippen molar-refractivity contribution in [3.8, 4) is 5.75 Å². The number of amidine groups is 1. The number of anilines is 1. The van der Waals surface area contributed by atoms with E-state index in [4.69, 9.17) is 9.73 Å². The highest BCUT2D eigenvalue weighted by Crippen LogP contribution is 2.20. The second-order valence-corrected chi connectivity index (χ2v) is 6.18. The van der Waals surface area contributed by atoms with Gasteiger partial charge in [0.1, 0.15) is 11.6 Å². The van der Waals surface area contributed by atoms with Crippen LogP contribution in [-0.4, -0.2) is 31.8 Å². The van der Waals surface area contributed by atoms with E-state index in [0.29, 0.717) is 12.1 Å². The van der Waals surface area contributed by atoms with Crippen LogP contribution in [0.15, 0.2) is 59.6 Å². The number of benzene rings is 2. The van der Waals surface area contributed by atoms with Crippen molar-refractivity contribution in [2.75, 3.05) is 25.1 Å². The average Bonchev–Trinajstić information content (AvgIpc) is 2.96. The van der Waals surface area contributed by atoms with E-state index < -0.39 is 0 Å². The number of carbonyl (C=O) groups is 1. The Labute approximate surface area is 165 Å². The Kier molecular flexibility index (Phi) is 7.85. The largest absolute Gasteiger partial charge is 0.497 e. The first-order chi connectivity index (χ1) is 12.3. The first-order valence-corrected chi connectivity index (χ1v) is 8.81. The normalized spacial score (nSPS) is 13.8. The molecule has 0 aromatic heterocycles. The third-order valence-electron chi connectivity index (χ3n) is 4.45. The van der Waals surface area contributed by atoms with Crippen LogP contribution in [0, 0.1) is 0 Å². The monoisotopic (exact) mass is 416 g/mol. The molecule has 1 heterocycles. The van der Waals surface area contributed by atoms with Crippen LogP contribution in [0.3, 0.4) is 0 Å². The lowest BCUT2D eigenvalue weighted by Gasteiger charge is -2.25. The summed E-state index contributed by atoms with van der Waals surface area (Å²) >= 11 is 0. The predicted octanol–water partition coefficient (Wildman–Crippen LogP) is 4.93. The van der Waals surface area contributed by atoms with Gasteiger partial charge in [0.15, 0.2) is 5.78 Å². The fourth-order valence-corrected chi connectivity index (χ4v) is 3.03. The highest BCUT2D eigenvalue weighted by atomic mass is 79.9. The lowest BCUT2D eigenvalue weighted by Crippen LogP contribution is -2.35. The van der Waals surface area contributed by atoms with Gasteiger partial charge in [0.25, 0.3) is 0 Å². The summed E-state index contributed by atoms with van der Waals surface area (Å²) in [5, 5.41) is 0. The van der Waals surface area contributed by atoms with Crippen LogP contribution in [0.25, 0.3) is 0 Å². The molecule has 138 valence electrons. The van der Waals surface area contributed by atoms with Crippen LogP contribution in [-0.2, 0) is 0 Å². The molecule has 0 saturated heterocycles. The molecule has 26 heavy (non-hydrogen) atoms. The maximum Gasteiger partial charge on any atom is 0.182 e. The van der Waals surface area contributed by atoms with Crippen molar-refractivity contribution < 1.29 is 9.53 Å². The summed E-state index contributed by atoms with van der Waals surface area (Å²) in [5.74, 6) is 1.86. The molecule has 0 atom stereocenters. The van der Waals surface area contributed by atoms with Crippen molar-refractivity contribution in [2.24, 2.45) is 4.99 Å². The number of ketones is 1. The van der Waals surface area contributed by atoms with Gasteiger partial charge in [-0.1, -0.05) is 24.6 Å².